The number of hydrogen-bond acceptors (Lipinski definition) is 6. The van der Waals surface area contributed by atoms with E-state index in [1.807, 2.05) is 0 Å². The molecule has 7 nitrogen and oxygen atoms in total. The highest BCUT2D eigenvalue weighted by Gasteiger charge is 2.15. The standard InChI is InChI=1S/C13H21N7/c1-9(8-20-5-3-2-4-6-20)16-11-10-7-15-19-12(10)18-13(14)17-11/h7,9H,2-6,8H2,1H3,(H4,14,15,16,17,18,19). The van der Waals surface area contributed by atoms with Crippen molar-refractivity contribution in [3.63, 3.8) is 0 Å². The smallest absolute Gasteiger partial charge is 0.224 e. The second kappa shape index (κ2) is 5.62. The van der Waals surface area contributed by atoms with Gasteiger partial charge in [-0.3, -0.25) is 5.10 Å². The molecule has 0 radical (unpaired) electrons. The normalized spacial score (nSPS) is 18.2. The van der Waals surface area contributed by atoms with Crippen molar-refractivity contribution in [1.82, 2.24) is 25.1 Å². The van der Waals surface area contributed by atoms with Crippen LogP contribution in [0.1, 0.15) is 26.2 Å². The van der Waals surface area contributed by atoms with Gasteiger partial charge in [-0.25, -0.2) is 0 Å². The van der Waals surface area contributed by atoms with Crippen LogP contribution < -0.4 is 11.1 Å². The Morgan fingerprint density at radius 1 is 1.35 bits per heavy atom. The van der Waals surface area contributed by atoms with Crippen LogP contribution in [0.5, 0.6) is 0 Å². The van der Waals surface area contributed by atoms with Crippen LogP contribution in [-0.2, 0) is 0 Å². The van der Waals surface area contributed by atoms with Crippen molar-refractivity contribution in [1.29, 1.82) is 0 Å². The first-order valence-corrected chi connectivity index (χ1v) is 7.18. The van der Waals surface area contributed by atoms with E-state index in [0.717, 1.165) is 17.7 Å². The van der Waals surface area contributed by atoms with Crippen LogP contribution in [-0.4, -0.2) is 50.7 Å². The summed E-state index contributed by atoms with van der Waals surface area (Å²) in [5, 5.41) is 11.1. The summed E-state index contributed by atoms with van der Waals surface area (Å²) < 4.78 is 0. The average molecular weight is 275 g/mol. The minimum Gasteiger partial charge on any atom is -0.368 e. The van der Waals surface area contributed by atoms with Crippen molar-refractivity contribution in [2.45, 2.75) is 32.2 Å². The summed E-state index contributed by atoms with van der Waals surface area (Å²) >= 11 is 0. The number of piperidine rings is 1. The maximum atomic E-state index is 5.72. The predicted octanol–water partition coefficient (Wildman–Crippen LogP) is 1.22. The Morgan fingerprint density at radius 2 is 2.15 bits per heavy atom. The SMILES string of the molecule is CC(CN1CCCCC1)Nc1nc(N)nc2[nH]ncc12. The summed E-state index contributed by atoms with van der Waals surface area (Å²) in [5.41, 5.74) is 6.39. The highest BCUT2D eigenvalue weighted by Crippen LogP contribution is 2.20. The summed E-state index contributed by atoms with van der Waals surface area (Å²) in [6.45, 7) is 5.57. The van der Waals surface area contributed by atoms with Gasteiger partial charge in [0.05, 0.1) is 11.6 Å². The molecule has 108 valence electrons. The fraction of sp³-hybridized carbons (Fsp3) is 0.615. The number of anilines is 2. The molecule has 3 rings (SSSR count). The van der Waals surface area contributed by atoms with Gasteiger partial charge in [0.2, 0.25) is 5.95 Å². The molecule has 0 aromatic carbocycles. The van der Waals surface area contributed by atoms with Gasteiger partial charge in [-0.1, -0.05) is 6.42 Å². The fourth-order valence-corrected chi connectivity index (χ4v) is 2.77. The van der Waals surface area contributed by atoms with Crippen molar-refractivity contribution >= 4 is 22.8 Å². The van der Waals surface area contributed by atoms with Crippen LogP contribution in [0.25, 0.3) is 11.0 Å². The number of nitrogens with two attached hydrogens (primary N) is 1. The summed E-state index contributed by atoms with van der Waals surface area (Å²) in [7, 11) is 0. The zero-order valence-electron chi connectivity index (χ0n) is 11.8. The molecule has 2 aromatic rings. The van der Waals surface area contributed by atoms with Gasteiger partial charge < -0.3 is 16.0 Å². The van der Waals surface area contributed by atoms with E-state index < -0.39 is 0 Å². The first-order valence-electron chi connectivity index (χ1n) is 7.18. The monoisotopic (exact) mass is 275 g/mol. The van der Waals surface area contributed by atoms with Gasteiger partial charge in [0.25, 0.3) is 0 Å². The molecule has 1 saturated heterocycles. The molecule has 20 heavy (non-hydrogen) atoms. The average Bonchev–Trinajstić information content (AvgIpc) is 2.88. The van der Waals surface area contributed by atoms with E-state index in [0.29, 0.717) is 11.7 Å². The van der Waals surface area contributed by atoms with E-state index in [2.05, 4.69) is 37.3 Å². The van der Waals surface area contributed by atoms with E-state index in [4.69, 9.17) is 5.73 Å². The molecule has 3 heterocycles. The summed E-state index contributed by atoms with van der Waals surface area (Å²) in [6, 6.07) is 0.306. The molecule has 1 aliphatic heterocycles. The van der Waals surface area contributed by atoms with Gasteiger partial charge in [0.15, 0.2) is 5.65 Å². The van der Waals surface area contributed by atoms with Crippen molar-refractivity contribution in [3.8, 4) is 0 Å². The largest absolute Gasteiger partial charge is 0.368 e. The molecule has 0 aliphatic carbocycles. The minimum atomic E-state index is 0.259. The van der Waals surface area contributed by atoms with Crippen molar-refractivity contribution in [2.24, 2.45) is 0 Å². The molecule has 7 heteroatoms. The van der Waals surface area contributed by atoms with E-state index >= 15 is 0 Å². The summed E-state index contributed by atoms with van der Waals surface area (Å²) in [4.78, 5) is 10.9. The van der Waals surface area contributed by atoms with Crippen LogP contribution in [0.4, 0.5) is 11.8 Å². The van der Waals surface area contributed by atoms with E-state index in [1.165, 1.54) is 32.4 Å². The van der Waals surface area contributed by atoms with Crippen LogP contribution in [0.15, 0.2) is 6.20 Å². The second-order valence-corrected chi connectivity index (χ2v) is 5.47. The number of nitrogens with one attached hydrogen (secondary N) is 2. The Hall–Kier alpha value is -1.89. The second-order valence-electron chi connectivity index (χ2n) is 5.47. The molecule has 1 aliphatic rings. The first-order chi connectivity index (χ1) is 9.72. The number of aromatic nitrogens is 4. The Balaban J connectivity index is 1.70. The van der Waals surface area contributed by atoms with Gasteiger partial charge in [0, 0.05) is 12.6 Å². The number of H-pyrrole nitrogens is 1. The van der Waals surface area contributed by atoms with Crippen LogP contribution in [0, 0.1) is 0 Å². The highest BCUT2D eigenvalue weighted by molar-refractivity contribution is 5.86. The lowest BCUT2D eigenvalue weighted by Gasteiger charge is -2.29. The molecule has 0 spiro atoms. The van der Waals surface area contributed by atoms with Gasteiger partial charge in [-0.05, 0) is 32.9 Å². The third-order valence-corrected chi connectivity index (χ3v) is 3.69. The van der Waals surface area contributed by atoms with E-state index in [9.17, 15) is 0 Å². The molecule has 1 unspecified atom stereocenters. The lowest BCUT2D eigenvalue weighted by Crippen LogP contribution is -2.38. The molecule has 0 amide bonds. The Morgan fingerprint density at radius 3 is 2.95 bits per heavy atom. The van der Waals surface area contributed by atoms with Crippen molar-refractivity contribution in [3.05, 3.63) is 6.20 Å². The van der Waals surface area contributed by atoms with Gasteiger partial charge >= 0.3 is 0 Å². The van der Waals surface area contributed by atoms with Crippen molar-refractivity contribution in [2.75, 3.05) is 30.7 Å². The molecule has 0 saturated carbocycles. The lowest BCUT2D eigenvalue weighted by atomic mass is 10.1. The van der Waals surface area contributed by atoms with E-state index in [-0.39, 0.29) is 5.95 Å². The summed E-state index contributed by atoms with van der Waals surface area (Å²) in [5.74, 6) is 1.01. The number of hydrogen-bond donors (Lipinski definition) is 3. The first kappa shape index (κ1) is 13.1. The zero-order valence-corrected chi connectivity index (χ0v) is 11.8. The third kappa shape index (κ3) is 2.82. The van der Waals surface area contributed by atoms with Crippen LogP contribution >= 0.6 is 0 Å². The molecular weight excluding hydrogens is 254 g/mol. The van der Waals surface area contributed by atoms with E-state index in [1.54, 1.807) is 6.20 Å². The van der Waals surface area contributed by atoms with Gasteiger partial charge in [-0.15, -0.1) is 0 Å². The predicted molar refractivity (Wildman–Crippen MR) is 79.5 cm³/mol. The maximum Gasteiger partial charge on any atom is 0.224 e. The van der Waals surface area contributed by atoms with Gasteiger partial charge in [0.1, 0.15) is 5.82 Å². The quantitative estimate of drug-likeness (QED) is 0.776. The molecule has 1 fully saturated rings. The molecule has 1 atom stereocenters. The Labute approximate surface area is 118 Å². The summed E-state index contributed by atoms with van der Waals surface area (Å²) in [6.07, 6.45) is 5.69. The maximum absolute atomic E-state index is 5.72. The van der Waals surface area contributed by atoms with Crippen LogP contribution in [0.3, 0.4) is 0 Å². The Kier molecular flexibility index (Phi) is 3.68. The van der Waals surface area contributed by atoms with Crippen LogP contribution in [0.2, 0.25) is 0 Å². The highest BCUT2D eigenvalue weighted by atomic mass is 15.2. The number of aromatic amines is 1. The van der Waals surface area contributed by atoms with Crippen molar-refractivity contribution < 1.29 is 0 Å². The van der Waals surface area contributed by atoms with Gasteiger partial charge in [-0.2, -0.15) is 15.1 Å². The topological polar surface area (TPSA) is 95.7 Å². The minimum absolute atomic E-state index is 0.259. The zero-order chi connectivity index (χ0) is 13.9. The lowest BCUT2D eigenvalue weighted by molar-refractivity contribution is 0.223. The molecular formula is C13H21N7. The number of rotatable bonds is 4. The Bertz CT molecular complexity index is 573. The molecule has 0 bridgehead atoms. The molecule has 4 N–H and O–H groups in total. The molecule has 2 aromatic heterocycles. The number of nitrogens with zero attached hydrogens (tertiary/aromatic N) is 4. The number of likely N-dealkylation sites (tertiary alicyclic amines) is 1. The third-order valence-electron chi connectivity index (χ3n) is 3.69. The number of nitrogen functional groups attached to an aromatic ring is 1. The fourth-order valence-electron chi connectivity index (χ4n) is 2.77. The number of fused-ring (bicyclic) bond motifs is 1.